The molecule has 2 saturated heterocycles. The second-order valence-electron chi connectivity index (χ2n) is 24.2. The van der Waals surface area contributed by atoms with Gasteiger partial charge in [0, 0.05) is 87.4 Å². The molecule has 14 atom stereocenters. The molecular weight excluding hydrogens is 1620 g/mol. The van der Waals surface area contributed by atoms with E-state index in [2.05, 4.69) is 68.8 Å². The van der Waals surface area contributed by atoms with Gasteiger partial charge in [0.05, 0.1) is 39.1 Å². The van der Waals surface area contributed by atoms with E-state index in [4.69, 9.17) is 49.2 Å². The normalized spacial score (nSPS) is 22.0. The van der Waals surface area contributed by atoms with Crippen molar-refractivity contribution in [3.63, 3.8) is 0 Å². The zero-order valence-electron chi connectivity index (χ0n) is 57.3. The molecule has 0 aliphatic carbocycles. The second-order valence-corrected chi connectivity index (χ2v) is 35.0. The number of nitrogen functional groups attached to an aromatic ring is 2. The highest BCUT2D eigenvalue weighted by Gasteiger charge is 2.53. The van der Waals surface area contributed by atoms with Crippen molar-refractivity contribution in [2.45, 2.75) is 128 Å². The first kappa shape index (κ1) is 93.6. The number of anilines is 2. The third-order valence-corrected chi connectivity index (χ3v) is 22.7. The van der Waals surface area contributed by atoms with Crippen molar-refractivity contribution in [2.24, 2.45) is 10.8 Å². The third-order valence-electron chi connectivity index (χ3n) is 14.6. The van der Waals surface area contributed by atoms with E-state index in [1.807, 2.05) is 0 Å². The molecule has 22 N–H and O–H groups in total. The first-order chi connectivity index (χ1) is 50.1. The Kier molecular flexibility index (Phi) is 35.7. The van der Waals surface area contributed by atoms with E-state index in [0.29, 0.717) is 24.3 Å². The van der Waals surface area contributed by atoms with Gasteiger partial charge in [-0.2, -0.15) is 8.62 Å². The Morgan fingerprint density at radius 3 is 1.20 bits per heavy atom. The quantitative estimate of drug-likeness (QED) is 0.0154. The number of nitrogens with one attached hydrogen (secondary N) is 4. The van der Waals surface area contributed by atoms with E-state index in [9.17, 15) is 116 Å². The molecule has 6 heterocycles. The summed E-state index contributed by atoms with van der Waals surface area (Å²) in [5.74, 6) is -2.39. The van der Waals surface area contributed by atoms with Crippen LogP contribution in [0.1, 0.15) is 78.7 Å². The number of nitrogens with two attached hydrogens (primary N) is 2. The molecule has 2 fully saturated rings. The van der Waals surface area contributed by atoms with Gasteiger partial charge >= 0.3 is 46.9 Å². The Bertz CT molecular complexity index is 3780. The maximum absolute atomic E-state index is 12.6. The van der Waals surface area contributed by atoms with E-state index in [1.165, 1.54) is 27.7 Å². The number of fused-ring (bicyclic) bond motifs is 2. The van der Waals surface area contributed by atoms with Crippen molar-refractivity contribution >= 4 is 138 Å². The van der Waals surface area contributed by atoms with E-state index in [0.717, 1.165) is 58.0 Å². The largest absolute Gasteiger partial charge is 0.481 e. The molecular formula is C50H84N14O36P6S2. The molecule has 612 valence electrons. The molecule has 4 amide bonds. The summed E-state index contributed by atoms with van der Waals surface area (Å²) >= 11 is 2.00. The van der Waals surface area contributed by atoms with E-state index in [-0.39, 0.29) is 109 Å². The van der Waals surface area contributed by atoms with Crippen LogP contribution in [-0.2, 0) is 101 Å². The number of aliphatic hydroxyl groups excluding tert-OH is 6. The van der Waals surface area contributed by atoms with Crippen molar-refractivity contribution in [2.75, 3.05) is 88.8 Å². The predicted octanol–water partition coefficient (Wildman–Crippen LogP) is -3.13. The van der Waals surface area contributed by atoms with Gasteiger partial charge in [0.1, 0.15) is 72.5 Å². The van der Waals surface area contributed by atoms with Crippen LogP contribution in [0.25, 0.3) is 22.3 Å². The molecule has 4 aromatic rings. The van der Waals surface area contributed by atoms with Crippen LogP contribution in [0.2, 0.25) is 0 Å². The minimum atomic E-state index is -5.57. The molecule has 58 heteroatoms. The average Bonchev–Trinajstić information content (AvgIpc) is 1.62. The first-order valence-electron chi connectivity index (χ1n) is 31.4. The maximum Gasteiger partial charge on any atom is 0.481 e. The second kappa shape index (κ2) is 41.2. The fourth-order valence-corrected chi connectivity index (χ4v) is 16.3. The van der Waals surface area contributed by atoms with Crippen LogP contribution in [0.15, 0.2) is 25.3 Å². The van der Waals surface area contributed by atoms with Crippen LogP contribution >= 0.6 is 70.5 Å². The van der Waals surface area contributed by atoms with Crippen molar-refractivity contribution in [3.05, 3.63) is 25.3 Å². The number of thioether (sulfide) groups is 2. The lowest BCUT2D eigenvalue weighted by molar-refractivity contribution is -0.137. The molecule has 4 unspecified atom stereocenters. The molecule has 0 saturated carbocycles. The number of carbonyl (C=O) groups is 6. The number of hydrogen-bond acceptors (Lipinski definition) is 38. The lowest BCUT2D eigenvalue weighted by atomic mass is 9.87. The van der Waals surface area contributed by atoms with Crippen LogP contribution in [-0.4, -0.2) is 269 Å². The summed E-state index contributed by atoms with van der Waals surface area (Å²) in [6.45, 7) is 0.607. The van der Waals surface area contributed by atoms with Gasteiger partial charge in [-0.15, -0.1) is 0 Å². The van der Waals surface area contributed by atoms with E-state index < -0.39 is 169 Å². The highest BCUT2D eigenvalue weighted by Crippen LogP contribution is 2.63. The molecule has 108 heavy (non-hydrogen) atoms. The predicted molar refractivity (Wildman–Crippen MR) is 367 cm³/mol. The van der Waals surface area contributed by atoms with Gasteiger partial charge in [-0.1, -0.05) is 51.2 Å². The van der Waals surface area contributed by atoms with Crippen molar-refractivity contribution in [1.29, 1.82) is 0 Å². The molecule has 0 spiro atoms. The molecule has 4 aromatic heterocycles. The van der Waals surface area contributed by atoms with Crippen LogP contribution in [0, 0.1) is 10.8 Å². The molecule has 6 rings (SSSR count). The molecule has 2 aliphatic heterocycles. The fourth-order valence-electron chi connectivity index (χ4n) is 9.18. The standard InChI is InChI=1S/2C25H42N7O18P3S/c2*1-25(2,20(37)23(38)28-6-5-15(34)27-7-9-54-16(35)4-3-8-33)11-47-53(44,45)50-52(42,43)46-10-14-19(49-51(39,40)41)18(36)24(48-14)32-13-31-17-21(26)29-12-30-22(17)32/h2*12-14,18-20,24,33,36-37H,3-11H2,1-2H3,(H,27,34)(H,28,38)(H,42,43)(H,44,45)(H2,26,29,30)(H2,39,40,41)/t2*14-,18-,19-,20+,24-/m11/s1. The summed E-state index contributed by atoms with van der Waals surface area (Å²) in [4.78, 5) is 174. The molecule has 0 radical (unpaired) electrons. The molecule has 0 bridgehead atoms. The lowest BCUT2D eigenvalue weighted by Gasteiger charge is -2.30. The number of aliphatic hydroxyl groups is 6. The molecule has 0 aromatic carbocycles. The Morgan fingerprint density at radius 2 is 0.870 bits per heavy atom. The van der Waals surface area contributed by atoms with E-state index in [1.54, 1.807) is 0 Å². The number of nitrogens with zero attached hydrogens (tertiary/aromatic N) is 8. The summed E-state index contributed by atoms with van der Waals surface area (Å²) in [6.07, 6.45) is -12.8. The summed E-state index contributed by atoms with van der Waals surface area (Å²) in [7, 11) is -32.8. The van der Waals surface area contributed by atoms with E-state index >= 15 is 0 Å². The summed E-state index contributed by atoms with van der Waals surface area (Å²) in [6, 6.07) is 0. The lowest BCUT2D eigenvalue weighted by Crippen LogP contribution is -2.46. The topological polar surface area (TPSA) is 768 Å². The fraction of sp³-hybridized carbons (Fsp3) is 0.680. The SMILES string of the molecule is CC(C)(COP(=O)(O)OP(=O)(O)OC[C@H]1O[C@@H](n2cnc3c(N)ncnc32)[C@H](O)[C@@H]1OP(=O)(O)O)[C@@H](O)C(=O)NCCC(=O)NCCSC(=O)CCCO.CC(C)(COP(=O)(O)OP(=O)(O)OC[C@H]1O[C@@H](n2cnc3c(N)ncnc32)[C@H](O)[C@@H]1OP(=O)(O)O)[C@@H](O)C(=O)NCCC(=O)NCCSC(=O)CCCO. The smallest absolute Gasteiger partial charge is 0.396 e. The minimum absolute atomic E-state index is 0.0267. The number of carbonyl (C=O) groups excluding carboxylic acids is 6. The van der Waals surface area contributed by atoms with Gasteiger partial charge in [-0.05, 0) is 12.8 Å². The monoisotopic (exact) mass is 1710 g/mol. The number of rotatable bonds is 44. The average molecular weight is 1710 g/mol. The van der Waals surface area contributed by atoms with Gasteiger partial charge in [0.15, 0.2) is 45.6 Å². The summed E-state index contributed by atoms with van der Waals surface area (Å²) in [5.41, 5.74) is 8.48. The highest BCUT2D eigenvalue weighted by atomic mass is 32.2. The highest BCUT2D eigenvalue weighted by molar-refractivity contribution is 8.13. The Hall–Kier alpha value is -4.96. The minimum Gasteiger partial charge on any atom is -0.396 e. The number of amides is 4. The van der Waals surface area contributed by atoms with Crippen LogP contribution in [0.5, 0.6) is 0 Å². The van der Waals surface area contributed by atoms with Gasteiger partial charge in [0.25, 0.3) is 0 Å². The van der Waals surface area contributed by atoms with Gasteiger partial charge in [0.2, 0.25) is 23.6 Å². The van der Waals surface area contributed by atoms with Gasteiger partial charge in [-0.25, -0.2) is 57.3 Å². The van der Waals surface area contributed by atoms with Crippen molar-refractivity contribution in [3.8, 4) is 0 Å². The van der Waals surface area contributed by atoms with Gasteiger partial charge < -0.3 is 112 Å². The zero-order valence-corrected chi connectivity index (χ0v) is 64.3. The number of phosphoric ester groups is 6. The Morgan fingerprint density at radius 1 is 0.528 bits per heavy atom. The Labute approximate surface area is 619 Å². The van der Waals surface area contributed by atoms with Crippen LogP contribution in [0.4, 0.5) is 11.6 Å². The Balaban J connectivity index is 0.000000387. The number of hydrogen-bond donors (Lipinski definition) is 20. The molecule has 2 aliphatic rings. The van der Waals surface area contributed by atoms with Crippen LogP contribution in [0.3, 0.4) is 0 Å². The number of imidazole rings is 2. The maximum atomic E-state index is 12.6. The zero-order chi connectivity index (χ0) is 81.0. The van der Waals surface area contributed by atoms with Crippen molar-refractivity contribution in [1.82, 2.24) is 60.3 Å². The van der Waals surface area contributed by atoms with Gasteiger partial charge in [-0.3, -0.25) is 65.0 Å². The van der Waals surface area contributed by atoms with Crippen LogP contribution < -0.4 is 32.7 Å². The summed E-state index contributed by atoms with van der Waals surface area (Å²) < 4.78 is 124. The number of phosphoric acid groups is 6. The third kappa shape index (κ3) is 30.2. The van der Waals surface area contributed by atoms with Crippen molar-refractivity contribution < 1.29 is 171 Å². The summed E-state index contributed by atoms with van der Waals surface area (Å²) in [5, 5.41) is 69.7. The first-order valence-corrected chi connectivity index (χ1v) is 42.4. The number of aromatic nitrogens is 8. The molecule has 50 nitrogen and oxygen atoms in total. The number of ether oxygens (including phenoxy) is 2.